The van der Waals surface area contributed by atoms with Crippen LogP contribution in [0.1, 0.15) is 45.5 Å². The Morgan fingerprint density at radius 1 is 0.567 bits per heavy atom. The van der Waals surface area contributed by atoms with E-state index in [0.29, 0.717) is 44.3 Å². The van der Waals surface area contributed by atoms with Crippen LogP contribution in [0.15, 0.2) is 142 Å². The SMILES string of the molecule is O=[P+](OC(F)(F)c1ccc(CC(c2ccc(F)cc2)n2nnc3ccccc32)cc1Br)OC(F)(F)c1ccc(CC(c2ccc(F)cc2)n2nnc3ccccc32)cc1Br. The molecule has 2 unspecified atom stereocenters. The molecule has 6 aromatic carbocycles. The molecule has 18 heteroatoms. The summed E-state index contributed by atoms with van der Waals surface area (Å²) in [7, 11) is -4.11. The van der Waals surface area contributed by atoms with Crippen molar-refractivity contribution in [2.24, 2.45) is 0 Å². The van der Waals surface area contributed by atoms with Crippen molar-refractivity contribution in [1.29, 1.82) is 0 Å². The zero-order valence-electron chi connectivity index (χ0n) is 30.6. The molecule has 9 nitrogen and oxygen atoms in total. The maximum atomic E-state index is 15.5. The van der Waals surface area contributed by atoms with E-state index in [9.17, 15) is 13.3 Å². The van der Waals surface area contributed by atoms with Gasteiger partial charge >= 0.3 is 20.5 Å². The molecule has 0 aliphatic heterocycles. The number of nitrogens with zero attached hydrogens (tertiary/aromatic N) is 6. The third kappa shape index (κ3) is 8.77. The first-order chi connectivity index (χ1) is 28.8. The van der Waals surface area contributed by atoms with Crippen LogP contribution in [0.25, 0.3) is 22.1 Å². The minimum atomic E-state index is -4.35. The zero-order chi connectivity index (χ0) is 42.2. The molecule has 0 N–H and O–H groups in total. The number of halogens is 8. The summed E-state index contributed by atoms with van der Waals surface area (Å²) >= 11 is 6.26. The van der Waals surface area contributed by atoms with Crippen molar-refractivity contribution in [3.8, 4) is 0 Å². The lowest BCUT2D eigenvalue weighted by Gasteiger charge is -2.20. The molecular formula is C42H28Br2F6N6O3P+. The molecule has 304 valence electrons. The number of alkyl halides is 4. The molecule has 8 rings (SSSR count). The summed E-state index contributed by atoms with van der Waals surface area (Å²) in [5.74, 6) is -0.883. The van der Waals surface area contributed by atoms with Crippen LogP contribution in [0.3, 0.4) is 0 Å². The summed E-state index contributed by atoms with van der Waals surface area (Å²) in [6.07, 6.45) is -8.29. The third-order valence-corrected chi connectivity index (χ3v) is 11.9. The van der Waals surface area contributed by atoms with Crippen molar-refractivity contribution in [2.45, 2.75) is 37.1 Å². The second-order valence-electron chi connectivity index (χ2n) is 13.7. The fraction of sp³-hybridized carbons (Fsp3) is 0.143. The fourth-order valence-electron chi connectivity index (χ4n) is 6.89. The second kappa shape index (κ2) is 17.0. The summed E-state index contributed by atoms with van der Waals surface area (Å²) in [6, 6.07) is 32.5. The van der Waals surface area contributed by atoms with Gasteiger partial charge in [-0.05, 0) is 117 Å². The van der Waals surface area contributed by atoms with E-state index < -0.39 is 55.3 Å². The van der Waals surface area contributed by atoms with Gasteiger partial charge in [-0.15, -0.1) is 10.2 Å². The lowest BCUT2D eigenvalue weighted by Crippen LogP contribution is -2.20. The monoisotopic (exact) mass is 967 g/mol. The Hall–Kier alpha value is -5.32. The van der Waals surface area contributed by atoms with E-state index >= 15 is 17.6 Å². The summed E-state index contributed by atoms with van der Waals surface area (Å²) < 4.78 is 114. The molecule has 0 aliphatic carbocycles. The predicted molar refractivity (Wildman–Crippen MR) is 217 cm³/mol. The van der Waals surface area contributed by atoms with Crippen LogP contribution in [-0.4, -0.2) is 30.0 Å². The number of benzene rings is 6. The molecule has 2 heterocycles. The number of hydrogen-bond donors (Lipinski definition) is 0. The van der Waals surface area contributed by atoms with Crippen LogP contribution in [0.5, 0.6) is 0 Å². The molecule has 0 fully saturated rings. The van der Waals surface area contributed by atoms with Gasteiger partial charge in [-0.2, -0.15) is 17.6 Å². The molecule has 60 heavy (non-hydrogen) atoms. The van der Waals surface area contributed by atoms with Crippen LogP contribution in [-0.2, 0) is 38.7 Å². The normalized spacial score (nSPS) is 13.5. The van der Waals surface area contributed by atoms with Crippen molar-refractivity contribution < 1.29 is 40.0 Å². The average Bonchev–Trinajstić information content (AvgIpc) is 3.84. The number of rotatable bonds is 14. The van der Waals surface area contributed by atoms with Crippen molar-refractivity contribution in [2.75, 3.05) is 0 Å². The topological polar surface area (TPSA) is 97.0 Å². The van der Waals surface area contributed by atoms with E-state index in [4.69, 9.17) is 0 Å². The van der Waals surface area contributed by atoms with Crippen molar-refractivity contribution in [1.82, 2.24) is 30.0 Å². The van der Waals surface area contributed by atoms with Crippen LogP contribution in [0.2, 0.25) is 0 Å². The first-order valence-electron chi connectivity index (χ1n) is 18.1. The van der Waals surface area contributed by atoms with Crippen LogP contribution in [0.4, 0.5) is 26.3 Å². The molecule has 0 amide bonds. The van der Waals surface area contributed by atoms with Gasteiger partial charge in [-0.1, -0.05) is 103 Å². The lowest BCUT2D eigenvalue weighted by atomic mass is 9.97. The zero-order valence-corrected chi connectivity index (χ0v) is 34.7. The summed E-state index contributed by atoms with van der Waals surface area (Å²) in [5.41, 5.74) is 3.45. The molecule has 0 bridgehead atoms. The second-order valence-corrected chi connectivity index (χ2v) is 16.2. The van der Waals surface area contributed by atoms with Crippen molar-refractivity contribution in [3.63, 3.8) is 0 Å². The molecule has 0 radical (unpaired) electrons. The van der Waals surface area contributed by atoms with Gasteiger partial charge in [0.15, 0.2) is 0 Å². The van der Waals surface area contributed by atoms with E-state index in [1.807, 2.05) is 24.3 Å². The Kier molecular flexibility index (Phi) is 11.7. The predicted octanol–water partition coefficient (Wildman–Crippen LogP) is 12.1. The largest absolute Gasteiger partial charge is 0.710 e. The summed E-state index contributed by atoms with van der Waals surface area (Å²) in [4.78, 5) is 0. The quantitative estimate of drug-likeness (QED) is 0.0791. The fourth-order valence-corrected chi connectivity index (χ4v) is 8.81. The van der Waals surface area contributed by atoms with E-state index in [0.717, 1.165) is 12.1 Å². The Morgan fingerprint density at radius 3 is 1.33 bits per heavy atom. The minimum absolute atomic E-state index is 0.169. The van der Waals surface area contributed by atoms with Crippen LogP contribution in [0, 0.1) is 11.6 Å². The van der Waals surface area contributed by atoms with Gasteiger partial charge in [0.25, 0.3) is 0 Å². The number of aromatic nitrogens is 6. The Morgan fingerprint density at radius 2 is 0.950 bits per heavy atom. The number of hydrogen-bond acceptors (Lipinski definition) is 7. The van der Waals surface area contributed by atoms with Crippen molar-refractivity contribution in [3.05, 3.63) is 187 Å². The van der Waals surface area contributed by atoms with E-state index in [1.54, 1.807) is 57.9 Å². The van der Waals surface area contributed by atoms with Crippen LogP contribution >= 0.6 is 40.1 Å². The van der Waals surface area contributed by atoms with Gasteiger partial charge in [0.2, 0.25) is 0 Å². The molecule has 0 spiro atoms. The Bertz CT molecular complexity index is 2650. The van der Waals surface area contributed by atoms with Gasteiger partial charge in [-0.25, -0.2) is 18.1 Å². The molecule has 0 saturated carbocycles. The van der Waals surface area contributed by atoms with Gasteiger partial charge in [-0.3, -0.25) is 0 Å². The smallest absolute Gasteiger partial charge is 0.237 e. The van der Waals surface area contributed by atoms with Gasteiger partial charge in [0, 0.05) is 13.5 Å². The Labute approximate surface area is 355 Å². The van der Waals surface area contributed by atoms with Gasteiger partial charge < -0.3 is 0 Å². The highest BCUT2D eigenvalue weighted by atomic mass is 79.9. The molecule has 0 aliphatic rings. The lowest BCUT2D eigenvalue weighted by molar-refractivity contribution is -0.221. The minimum Gasteiger partial charge on any atom is -0.237 e. The van der Waals surface area contributed by atoms with Gasteiger partial charge in [0.05, 0.1) is 34.2 Å². The standard InChI is InChI=1S/C42H28Br2F6N6O3P/c43-33-21-25(23-39(27-11-15-29(45)16-12-27)55-37-7-3-1-5-35(37)51-53-55)9-19-31(33)41(47,48)58-60(57)59-42(49,50)32-20-10-26(22-34(32)44)24-40(28-13-17-30(46)18-14-28)56-38-8-4-2-6-36(38)52-54-56/h1-22,39-40H,23-24H2/q+1. The highest BCUT2D eigenvalue weighted by Crippen LogP contribution is 2.49. The van der Waals surface area contributed by atoms with E-state index in [2.05, 4.69) is 61.5 Å². The summed E-state index contributed by atoms with van der Waals surface area (Å²) in [6.45, 7) is 0. The molecule has 8 aromatic rings. The van der Waals surface area contributed by atoms with E-state index in [-0.39, 0.29) is 21.8 Å². The first kappa shape index (κ1) is 41.4. The van der Waals surface area contributed by atoms with Crippen molar-refractivity contribution >= 4 is 62.2 Å². The average molecular weight is 969 g/mol. The number of para-hydroxylation sites is 2. The summed E-state index contributed by atoms with van der Waals surface area (Å²) in [5, 5.41) is 17.0. The van der Waals surface area contributed by atoms with E-state index in [1.165, 1.54) is 48.5 Å². The van der Waals surface area contributed by atoms with Gasteiger partial charge in [0.1, 0.15) is 22.7 Å². The molecular weight excluding hydrogens is 941 g/mol. The molecule has 2 atom stereocenters. The van der Waals surface area contributed by atoms with Crippen LogP contribution < -0.4 is 0 Å². The maximum Gasteiger partial charge on any atom is 0.710 e. The first-order valence-corrected chi connectivity index (χ1v) is 20.7. The maximum absolute atomic E-state index is 15.5. The molecule has 0 saturated heterocycles. The Balaban J connectivity index is 0.973. The number of fused-ring (bicyclic) bond motifs is 2. The molecule has 2 aromatic heterocycles. The highest BCUT2D eigenvalue weighted by Gasteiger charge is 2.53. The highest BCUT2D eigenvalue weighted by molar-refractivity contribution is 9.10. The third-order valence-electron chi connectivity index (χ3n) is 9.79.